The van der Waals surface area contributed by atoms with Crippen molar-refractivity contribution in [2.45, 2.75) is 46.1 Å². The summed E-state index contributed by atoms with van der Waals surface area (Å²) in [6.45, 7) is 7.61. The summed E-state index contributed by atoms with van der Waals surface area (Å²) in [4.78, 5) is 11.3. The highest BCUT2D eigenvalue weighted by molar-refractivity contribution is 5.77. The predicted molar refractivity (Wildman–Crippen MR) is 67.5 cm³/mol. The molecule has 0 saturated carbocycles. The van der Waals surface area contributed by atoms with Crippen LogP contribution >= 0.6 is 0 Å². The van der Waals surface area contributed by atoms with Crippen LogP contribution in [0, 0.1) is 13.8 Å². The summed E-state index contributed by atoms with van der Waals surface area (Å²) < 4.78 is 5.72. The topological polar surface area (TPSA) is 46.5 Å². The van der Waals surface area contributed by atoms with E-state index in [-0.39, 0.29) is 0 Å². The van der Waals surface area contributed by atoms with Gasteiger partial charge < -0.3 is 9.84 Å². The van der Waals surface area contributed by atoms with Gasteiger partial charge in [0, 0.05) is 0 Å². The molecule has 1 rings (SSSR count). The van der Waals surface area contributed by atoms with Gasteiger partial charge in [-0.05, 0) is 49.9 Å². The number of aliphatic carboxylic acids is 1. The minimum Gasteiger partial charge on any atom is -0.478 e. The van der Waals surface area contributed by atoms with Crippen LogP contribution in [0.15, 0.2) is 18.2 Å². The summed E-state index contributed by atoms with van der Waals surface area (Å²) in [6.07, 6.45) is 0.900. The second-order valence-corrected chi connectivity index (χ2v) is 4.43. The Morgan fingerprint density at radius 1 is 1.18 bits per heavy atom. The summed E-state index contributed by atoms with van der Waals surface area (Å²) >= 11 is 0. The van der Waals surface area contributed by atoms with E-state index in [0.29, 0.717) is 18.6 Å². The van der Waals surface area contributed by atoms with Crippen LogP contribution in [0.3, 0.4) is 0 Å². The highest BCUT2D eigenvalue weighted by Gasteiger charge is 2.37. The van der Waals surface area contributed by atoms with Gasteiger partial charge in [-0.2, -0.15) is 0 Å². The molecule has 0 aliphatic heterocycles. The molecular formula is C14H20O3. The molecule has 0 aliphatic carbocycles. The fraction of sp³-hybridized carbons (Fsp3) is 0.500. The van der Waals surface area contributed by atoms with Gasteiger partial charge in [-0.15, -0.1) is 0 Å². The van der Waals surface area contributed by atoms with Gasteiger partial charge in [0.15, 0.2) is 0 Å². The number of hydrogen-bond acceptors (Lipinski definition) is 2. The van der Waals surface area contributed by atoms with Crippen LogP contribution in [-0.2, 0) is 4.79 Å². The molecule has 3 nitrogen and oxygen atoms in total. The molecule has 1 aromatic carbocycles. The molecule has 0 amide bonds. The molecule has 0 aromatic heterocycles. The number of benzene rings is 1. The molecule has 0 radical (unpaired) electrons. The molecular weight excluding hydrogens is 216 g/mol. The van der Waals surface area contributed by atoms with Gasteiger partial charge >= 0.3 is 5.97 Å². The second-order valence-electron chi connectivity index (χ2n) is 4.43. The van der Waals surface area contributed by atoms with E-state index in [1.54, 1.807) is 0 Å². The zero-order chi connectivity index (χ0) is 13.1. The number of ether oxygens (including phenoxy) is 1. The van der Waals surface area contributed by atoms with Crippen LogP contribution in [-0.4, -0.2) is 16.7 Å². The van der Waals surface area contributed by atoms with Crippen molar-refractivity contribution in [3.05, 3.63) is 29.3 Å². The maximum Gasteiger partial charge on any atom is 0.348 e. The van der Waals surface area contributed by atoms with E-state index in [4.69, 9.17) is 4.74 Å². The number of carbonyl (C=O) groups is 1. The fourth-order valence-electron chi connectivity index (χ4n) is 1.96. The Balaban J connectivity index is 3.05. The Kier molecular flexibility index (Phi) is 4.16. The standard InChI is InChI=1S/C14H20O3/c1-5-14(6-2,13(15)16)17-12-8-10(3)7-11(4)9-12/h7-9H,5-6H2,1-4H3,(H,15,16). The quantitative estimate of drug-likeness (QED) is 0.853. The smallest absolute Gasteiger partial charge is 0.348 e. The Hall–Kier alpha value is -1.51. The third-order valence-electron chi connectivity index (χ3n) is 3.04. The first-order chi connectivity index (χ1) is 7.93. The van der Waals surface area contributed by atoms with Crippen molar-refractivity contribution in [1.29, 1.82) is 0 Å². The van der Waals surface area contributed by atoms with Crippen LogP contribution in [0.25, 0.3) is 0 Å². The molecule has 0 saturated heterocycles. The molecule has 3 heteroatoms. The van der Waals surface area contributed by atoms with E-state index in [1.165, 1.54) is 0 Å². The molecule has 1 N–H and O–H groups in total. The van der Waals surface area contributed by atoms with E-state index < -0.39 is 11.6 Å². The van der Waals surface area contributed by atoms with Gasteiger partial charge in [0.1, 0.15) is 5.75 Å². The van der Waals surface area contributed by atoms with Gasteiger partial charge in [0.25, 0.3) is 0 Å². The number of aryl methyl sites for hydroxylation is 2. The Bertz CT molecular complexity index is 386. The van der Waals surface area contributed by atoms with Crippen molar-refractivity contribution in [1.82, 2.24) is 0 Å². The van der Waals surface area contributed by atoms with Crippen molar-refractivity contribution in [3.8, 4) is 5.75 Å². The van der Waals surface area contributed by atoms with Crippen molar-refractivity contribution in [3.63, 3.8) is 0 Å². The van der Waals surface area contributed by atoms with Crippen molar-refractivity contribution in [2.24, 2.45) is 0 Å². The van der Waals surface area contributed by atoms with Gasteiger partial charge in [-0.1, -0.05) is 19.9 Å². The second kappa shape index (κ2) is 5.21. The molecule has 1 aromatic rings. The molecule has 94 valence electrons. The zero-order valence-electron chi connectivity index (χ0n) is 10.9. The number of hydrogen-bond donors (Lipinski definition) is 1. The van der Waals surface area contributed by atoms with Gasteiger partial charge in [0.2, 0.25) is 5.60 Å². The van der Waals surface area contributed by atoms with Crippen molar-refractivity contribution < 1.29 is 14.6 Å². The zero-order valence-corrected chi connectivity index (χ0v) is 10.9. The SMILES string of the molecule is CCC(CC)(Oc1cc(C)cc(C)c1)C(=O)O. The Labute approximate surface area is 102 Å². The van der Waals surface area contributed by atoms with Gasteiger partial charge in [0.05, 0.1) is 0 Å². The molecule has 17 heavy (non-hydrogen) atoms. The van der Waals surface area contributed by atoms with Crippen LogP contribution < -0.4 is 4.74 Å². The van der Waals surface area contributed by atoms with Crippen molar-refractivity contribution >= 4 is 5.97 Å². The third kappa shape index (κ3) is 2.99. The van der Waals surface area contributed by atoms with E-state index in [0.717, 1.165) is 11.1 Å². The molecule has 0 bridgehead atoms. The van der Waals surface area contributed by atoms with E-state index in [9.17, 15) is 9.90 Å². The Morgan fingerprint density at radius 2 is 1.65 bits per heavy atom. The molecule has 0 fully saturated rings. The van der Waals surface area contributed by atoms with E-state index in [1.807, 2.05) is 45.9 Å². The predicted octanol–water partition coefficient (Wildman–Crippen LogP) is 3.33. The monoisotopic (exact) mass is 236 g/mol. The van der Waals surface area contributed by atoms with Crippen LogP contribution in [0.2, 0.25) is 0 Å². The summed E-state index contributed by atoms with van der Waals surface area (Å²) in [7, 11) is 0. The average Bonchev–Trinajstić information content (AvgIpc) is 2.24. The lowest BCUT2D eigenvalue weighted by atomic mass is 9.97. The molecule has 0 aliphatic rings. The highest BCUT2D eigenvalue weighted by Crippen LogP contribution is 2.26. The van der Waals surface area contributed by atoms with Crippen molar-refractivity contribution in [2.75, 3.05) is 0 Å². The van der Waals surface area contributed by atoms with Crippen LogP contribution in [0.4, 0.5) is 0 Å². The summed E-state index contributed by atoms with van der Waals surface area (Å²) in [6, 6.07) is 5.78. The minimum atomic E-state index is -1.11. The average molecular weight is 236 g/mol. The van der Waals surface area contributed by atoms with Gasteiger partial charge in [-0.25, -0.2) is 4.79 Å². The Morgan fingerprint density at radius 3 is 2.00 bits per heavy atom. The first-order valence-corrected chi connectivity index (χ1v) is 5.94. The first kappa shape index (κ1) is 13.6. The lowest BCUT2D eigenvalue weighted by Gasteiger charge is -2.28. The van der Waals surface area contributed by atoms with E-state index in [2.05, 4.69) is 0 Å². The van der Waals surface area contributed by atoms with Crippen LogP contribution in [0.1, 0.15) is 37.8 Å². The molecule has 0 atom stereocenters. The summed E-state index contributed by atoms with van der Waals surface area (Å²) in [5, 5.41) is 9.30. The van der Waals surface area contributed by atoms with E-state index >= 15 is 0 Å². The first-order valence-electron chi connectivity index (χ1n) is 5.94. The van der Waals surface area contributed by atoms with Crippen LogP contribution in [0.5, 0.6) is 5.75 Å². The number of rotatable bonds is 5. The maximum atomic E-state index is 11.3. The molecule has 0 spiro atoms. The molecule has 0 heterocycles. The normalized spacial score (nSPS) is 11.3. The summed E-state index contributed by atoms with van der Waals surface area (Å²) in [5.41, 5.74) is 1.04. The maximum absolute atomic E-state index is 11.3. The minimum absolute atomic E-state index is 0.450. The van der Waals surface area contributed by atoms with Gasteiger partial charge in [-0.3, -0.25) is 0 Å². The number of carboxylic acids is 1. The summed E-state index contributed by atoms with van der Waals surface area (Å²) in [5.74, 6) is -0.268. The fourth-order valence-corrected chi connectivity index (χ4v) is 1.96. The lowest BCUT2D eigenvalue weighted by molar-refractivity contribution is -0.156. The largest absolute Gasteiger partial charge is 0.478 e. The lowest BCUT2D eigenvalue weighted by Crippen LogP contribution is -2.43. The number of carboxylic acid groups (broad SMARTS) is 1. The third-order valence-corrected chi connectivity index (χ3v) is 3.04. The molecule has 0 unspecified atom stereocenters. The highest BCUT2D eigenvalue weighted by atomic mass is 16.5.